The summed E-state index contributed by atoms with van der Waals surface area (Å²) < 4.78 is 9.09. The summed E-state index contributed by atoms with van der Waals surface area (Å²) in [5.74, 6) is 0.689. The van der Waals surface area contributed by atoms with Crippen LogP contribution in [0.25, 0.3) is 5.69 Å². The highest BCUT2D eigenvalue weighted by Gasteiger charge is 2.28. The van der Waals surface area contributed by atoms with E-state index in [1.807, 2.05) is 21.8 Å². The van der Waals surface area contributed by atoms with Crippen LogP contribution < -0.4 is 0 Å². The molecule has 2 heterocycles. The minimum absolute atomic E-state index is 0.677. The zero-order valence-corrected chi connectivity index (χ0v) is 10.8. The molecule has 0 bridgehead atoms. The molecule has 18 heavy (non-hydrogen) atoms. The van der Waals surface area contributed by atoms with E-state index in [1.54, 1.807) is 7.11 Å². The molecule has 2 aromatic heterocycles. The molecule has 0 atom stereocenters. The molecule has 0 aromatic carbocycles. The molecule has 3 rings (SSSR count). The summed E-state index contributed by atoms with van der Waals surface area (Å²) in [6.45, 7) is 3.54. The molecule has 0 N–H and O–H groups in total. The lowest BCUT2D eigenvalue weighted by atomic mass is 10.3. The van der Waals surface area contributed by atoms with E-state index >= 15 is 0 Å². The Balaban J connectivity index is 1.91. The monoisotopic (exact) mass is 246 g/mol. The highest BCUT2D eigenvalue weighted by molar-refractivity contribution is 5.36. The van der Waals surface area contributed by atoms with Gasteiger partial charge in [0.2, 0.25) is 0 Å². The van der Waals surface area contributed by atoms with Crippen LogP contribution in [0.2, 0.25) is 0 Å². The Morgan fingerprint density at radius 2 is 2.22 bits per heavy atom. The van der Waals surface area contributed by atoms with Gasteiger partial charge in [-0.25, -0.2) is 4.68 Å². The first kappa shape index (κ1) is 11.5. The summed E-state index contributed by atoms with van der Waals surface area (Å²) in [4.78, 5) is 0. The summed E-state index contributed by atoms with van der Waals surface area (Å²) in [5, 5.41) is 8.84. The maximum atomic E-state index is 5.09. The van der Waals surface area contributed by atoms with Gasteiger partial charge < -0.3 is 4.74 Å². The van der Waals surface area contributed by atoms with Crippen molar-refractivity contribution in [2.75, 3.05) is 13.7 Å². The number of hydrogen-bond donors (Lipinski definition) is 0. The van der Waals surface area contributed by atoms with Crippen molar-refractivity contribution in [2.45, 2.75) is 32.2 Å². The normalized spacial score (nSPS) is 15.2. The van der Waals surface area contributed by atoms with Crippen LogP contribution in [0.15, 0.2) is 18.5 Å². The van der Waals surface area contributed by atoms with Gasteiger partial charge in [-0.3, -0.25) is 4.68 Å². The molecule has 2 aromatic rings. The average molecular weight is 246 g/mol. The molecule has 0 amide bonds. The molecule has 1 aliphatic carbocycles. The van der Waals surface area contributed by atoms with E-state index in [2.05, 4.69) is 23.2 Å². The topological polar surface area (TPSA) is 44.9 Å². The predicted molar refractivity (Wildman–Crippen MR) is 67.9 cm³/mol. The van der Waals surface area contributed by atoms with Crippen molar-refractivity contribution >= 4 is 0 Å². The van der Waals surface area contributed by atoms with Crippen molar-refractivity contribution in [1.29, 1.82) is 0 Å². The Labute approximate surface area is 106 Å². The van der Waals surface area contributed by atoms with Gasteiger partial charge in [0.1, 0.15) is 5.69 Å². The highest BCUT2D eigenvalue weighted by atomic mass is 16.5. The molecule has 5 heteroatoms. The number of aromatic nitrogens is 4. The second kappa shape index (κ2) is 4.57. The van der Waals surface area contributed by atoms with Crippen molar-refractivity contribution in [1.82, 2.24) is 19.6 Å². The van der Waals surface area contributed by atoms with E-state index in [1.165, 1.54) is 18.5 Å². The third-order valence-electron chi connectivity index (χ3n) is 3.48. The zero-order chi connectivity index (χ0) is 12.5. The van der Waals surface area contributed by atoms with Crippen molar-refractivity contribution in [3.8, 4) is 5.69 Å². The van der Waals surface area contributed by atoms with Gasteiger partial charge in [-0.05, 0) is 25.8 Å². The van der Waals surface area contributed by atoms with Gasteiger partial charge in [-0.15, -0.1) is 0 Å². The number of rotatable bonds is 5. The molecule has 0 radical (unpaired) electrons. The van der Waals surface area contributed by atoms with Crippen LogP contribution in [0.1, 0.15) is 30.1 Å². The van der Waals surface area contributed by atoms with Crippen LogP contribution in [-0.4, -0.2) is 33.3 Å². The number of ether oxygens (including phenoxy) is 1. The lowest BCUT2D eigenvalue weighted by molar-refractivity contribution is 0.183. The average Bonchev–Trinajstić information content (AvgIpc) is 3.00. The standard InChI is InChI=1S/C13H18N4O/c1-10-13(9-15-16(10)7-8-18-2)17-12(5-6-14-17)11-3-4-11/h5-6,9,11H,3-4,7-8H2,1-2H3. The van der Waals surface area contributed by atoms with E-state index in [0.29, 0.717) is 12.5 Å². The Morgan fingerprint density at radius 3 is 2.94 bits per heavy atom. The number of methoxy groups -OCH3 is 1. The zero-order valence-electron chi connectivity index (χ0n) is 10.8. The summed E-state index contributed by atoms with van der Waals surface area (Å²) in [6, 6.07) is 2.11. The fraction of sp³-hybridized carbons (Fsp3) is 0.538. The van der Waals surface area contributed by atoms with Crippen molar-refractivity contribution < 1.29 is 4.74 Å². The van der Waals surface area contributed by atoms with Gasteiger partial charge in [0.25, 0.3) is 0 Å². The number of nitrogens with zero attached hydrogens (tertiary/aromatic N) is 4. The summed E-state index contributed by atoms with van der Waals surface area (Å²) in [7, 11) is 1.71. The Kier molecular flexibility index (Phi) is 2.91. The van der Waals surface area contributed by atoms with Gasteiger partial charge in [0.05, 0.1) is 25.0 Å². The fourth-order valence-electron chi connectivity index (χ4n) is 2.25. The summed E-state index contributed by atoms with van der Waals surface area (Å²) in [5.41, 5.74) is 3.53. The summed E-state index contributed by atoms with van der Waals surface area (Å²) >= 11 is 0. The molecule has 0 spiro atoms. The van der Waals surface area contributed by atoms with E-state index in [9.17, 15) is 0 Å². The lowest BCUT2D eigenvalue weighted by Crippen LogP contribution is -2.09. The quantitative estimate of drug-likeness (QED) is 0.809. The van der Waals surface area contributed by atoms with Gasteiger partial charge in [-0.2, -0.15) is 10.2 Å². The first-order valence-electron chi connectivity index (χ1n) is 6.37. The summed E-state index contributed by atoms with van der Waals surface area (Å²) in [6.07, 6.45) is 6.33. The smallest absolute Gasteiger partial charge is 0.106 e. The molecule has 96 valence electrons. The first-order chi connectivity index (χ1) is 8.81. The molecule has 1 saturated carbocycles. The second-order valence-electron chi connectivity index (χ2n) is 4.77. The minimum atomic E-state index is 0.677. The van der Waals surface area contributed by atoms with E-state index in [0.717, 1.165) is 17.9 Å². The van der Waals surface area contributed by atoms with Crippen LogP contribution in [0, 0.1) is 6.92 Å². The molecular formula is C13H18N4O. The van der Waals surface area contributed by atoms with E-state index in [-0.39, 0.29) is 0 Å². The minimum Gasteiger partial charge on any atom is -0.383 e. The van der Waals surface area contributed by atoms with Crippen LogP contribution in [0.3, 0.4) is 0 Å². The maximum absolute atomic E-state index is 5.09. The van der Waals surface area contributed by atoms with Gasteiger partial charge >= 0.3 is 0 Å². The SMILES string of the molecule is COCCn1ncc(-n2nccc2C2CC2)c1C. The highest BCUT2D eigenvalue weighted by Crippen LogP contribution is 2.40. The molecule has 0 saturated heterocycles. The van der Waals surface area contributed by atoms with Gasteiger partial charge in [-0.1, -0.05) is 0 Å². The Morgan fingerprint density at radius 1 is 1.39 bits per heavy atom. The third kappa shape index (κ3) is 1.95. The van der Waals surface area contributed by atoms with E-state index < -0.39 is 0 Å². The Hall–Kier alpha value is -1.62. The second-order valence-corrected chi connectivity index (χ2v) is 4.77. The predicted octanol–water partition coefficient (Wildman–Crippen LogP) is 1.90. The van der Waals surface area contributed by atoms with Crippen LogP contribution in [0.4, 0.5) is 0 Å². The largest absolute Gasteiger partial charge is 0.383 e. The molecule has 5 nitrogen and oxygen atoms in total. The molecular weight excluding hydrogens is 228 g/mol. The maximum Gasteiger partial charge on any atom is 0.106 e. The van der Waals surface area contributed by atoms with Crippen LogP contribution in [-0.2, 0) is 11.3 Å². The van der Waals surface area contributed by atoms with Gasteiger partial charge in [0, 0.05) is 24.9 Å². The van der Waals surface area contributed by atoms with E-state index in [4.69, 9.17) is 4.74 Å². The Bertz CT molecular complexity index is 539. The third-order valence-corrected chi connectivity index (χ3v) is 3.48. The van der Waals surface area contributed by atoms with Crippen LogP contribution in [0.5, 0.6) is 0 Å². The lowest BCUT2D eigenvalue weighted by Gasteiger charge is -2.07. The van der Waals surface area contributed by atoms with Crippen molar-refractivity contribution in [3.05, 3.63) is 29.8 Å². The molecule has 0 unspecified atom stereocenters. The van der Waals surface area contributed by atoms with Crippen molar-refractivity contribution in [3.63, 3.8) is 0 Å². The number of hydrogen-bond acceptors (Lipinski definition) is 3. The molecule has 1 aliphatic rings. The van der Waals surface area contributed by atoms with Gasteiger partial charge in [0.15, 0.2) is 0 Å². The first-order valence-corrected chi connectivity index (χ1v) is 6.37. The fourth-order valence-corrected chi connectivity index (χ4v) is 2.25. The van der Waals surface area contributed by atoms with Crippen molar-refractivity contribution in [2.24, 2.45) is 0 Å². The molecule has 1 fully saturated rings. The molecule has 0 aliphatic heterocycles. The van der Waals surface area contributed by atoms with Crippen LogP contribution >= 0.6 is 0 Å².